The average Bonchev–Trinajstić information content (AvgIpc) is 3.06. The second kappa shape index (κ2) is 5.16. The number of carbonyl (C=O) groups is 2. The third kappa shape index (κ3) is 2.46. The van der Waals surface area contributed by atoms with E-state index in [1.807, 2.05) is 0 Å². The summed E-state index contributed by atoms with van der Waals surface area (Å²) in [6.07, 6.45) is 3.50. The van der Waals surface area contributed by atoms with Gasteiger partial charge in [0, 0.05) is 12.2 Å². The van der Waals surface area contributed by atoms with Crippen LogP contribution in [0.25, 0.3) is 11.1 Å². The Labute approximate surface area is 120 Å². The summed E-state index contributed by atoms with van der Waals surface area (Å²) in [5, 5.41) is 16.4. The second-order valence-electron chi connectivity index (χ2n) is 5.30. The van der Waals surface area contributed by atoms with Crippen molar-refractivity contribution in [3.05, 3.63) is 23.5 Å². The minimum Gasteiger partial charge on any atom is -0.481 e. The van der Waals surface area contributed by atoms with Gasteiger partial charge < -0.3 is 14.9 Å². The van der Waals surface area contributed by atoms with Crippen molar-refractivity contribution in [3.63, 3.8) is 0 Å². The van der Waals surface area contributed by atoms with Crippen molar-refractivity contribution < 1.29 is 19.2 Å². The first-order valence-corrected chi connectivity index (χ1v) is 6.82. The van der Waals surface area contributed by atoms with Crippen molar-refractivity contribution in [1.82, 2.24) is 15.5 Å². The zero-order valence-corrected chi connectivity index (χ0v) is 11.5. The van der Waals surface area contributed by atoms with Crippen LogP contribution < -0.4 is 5.32 Å². The Morgan fingerprint density at radius 1 is 1.43 bits per heavy atom. The van der Waals surface area contributed by atoms with Crippen LogP contribution >= 0.6 is 0 Å². The monoisotopic (exact) mass is 289 g/mol. The molecule has 1 saturated carbocycles. The fourth-order valence-corrected chi connectivity index (χ4v) is 2.75. The zero-order chi connectivity index (χ0) is 15.0. The molecule has 1 aliphatic rings. The molecule has 1 aliphatic carbocycles. The van der Waals surface area contributed by atoms with Gasteiger partial charge in [-0.3, -0.25) is 9.59 Å². The maximum atomic E-state index is 12.3. The molecule has 2 unspecified atom stereocenters. The van der Waals surface area contributed by atoms with Gasteiger partial charge in [-0.1, -0.05) is 11.6 Å². The van der Waals surface area contributed by atoms with E-state index in [9.17, 15) is 9.59 Å². The van der Waals surface area contributed by atoms with Gasteiger partial charge in [-0.15, -0.1) is 0 Å². The van der Waals surface area contributed by atoms with E-state index in [0.717, 1.165) is 6.42 Å². The molecule has 3 rings (SSSR count). The van der Waals surface area contributed by atoms with Gasteiger partial charge >= 0.3 is 5.97 Å². The number of carboxylic acids is 1. The number of carbonyl (C=O) groups excluding carboxylic acids is 1. The number of amides is 1. The van der Waals surface area contributed by atoms with Crippen LogP contribution in [0.15, 0.2) is 16.8 Å². The fraction of sp³-hybridized carbons (Fsp3) is 0.429. The number of nitrogens with zero attached hydrogens (tertiary/aromatic N) is 2. The van der Waals surface area contributed by atoms with E-state index in [0.29, 0.717) is 35.2 Å². The molecule has 0 aliphatic heterocycles. The molecule has 1 fully saturated rings. The SMILES string of the molecule is Cc1noc2ncc(C(=O)NC3CCCC3C(=O)O)cc12. The third-order valence-corrected chi connectivity index (χ3v) is 3.92. The Morgan fingerprint density at radius 2 is 2.24 bits per heavy atom. The van der Waals surface area contributed by atoms with E-state index in [1.165, 1.54) is 6.20 Å². The van der Waals surface area contributed by atoms with Crippen LogP contribution in [-0.4, -0.2) is 33.2 Å². The molecule has 7 heteroatoms. The summed E-state index contributed by atoms with van der Waals surface area (Å²) in [6, 6.07) is 1.34. The number of aromatic nitrogens is 2. The quantitative estimate of drug-likeness (QED) is 0.887. The molecule has 7 nitrogen and oxygen atoms in total. The molecule has 110 valence electrons. The molecule has 0 bridgehead atoms. The molecular weight excluding hydrogens is 274 g/mol. The first-order chi connectivity index (χ1) is 10.1. The lowest BCUT2D eigenvalue weighted by molar-refractivity contribution is -0.142. The molecule has 2 N–H and O–H groups in total. The molecule has 0 saturated heterocycles. The van der Waals surface area contributed by atoms with Crippen molar-refractivity contribution in [1.29, 1.82) is 0 Å². The minimum atomic E-state index is -0.860. The lowest BCUT2D eigenvalue weighted by atomic mass is 10.0. The Hall–Kier alpha value is -2.44. The van der Waals surface area contributed by atoms with Crippen LogP contribution in [0, 0.1) is 12.8 Å². The van der Waals surface area contributed by atoms with Crippen LogP contribution in [0.4, 0.5) is 0 Å². The molecule has 2 heterocycles. The predicted octanol–water partition coefficient (Wildman–Crippen LogP) is 1.51. The van der Waals surface area contributed by atoms with Crippen LogP contribution in [0.5, 0.6) is 0 Å². The van der Waals surface area contributed by atoms with Gasteiger partial charge in [0.05, 0.1) is 22.6 Å². The number of aryl methyl sites for hydroxylation is 1. The van der Waals surface area contributed by atoms with Gasteiger partial charge in [-0.2, -0.15) is 0 Å². The van der Waals surface area contributed by atoms with Crippen molar-refractivity contribution in [2.45, 2.75) is 32.2 Å². The molecule has 2 atom stereocenters. The Balaban J connectivity index is 1.80. The zero-order valence-electron chi connectivity index (χ0n) is 11.5. The van der Waals surface area contributed by atoms with Gasteiger partial charge in [0.1, 0.15) is 0 Å². The van der Waals surface area contributed by atoms with Gasteiger partial charge in [0.2, 0.25) is 0 Å². The molecular formula is C14H15N3O4. The molecule has 21 heavy (non-hydrogen) atoms. The number of pyridine rings is 1. The van der Waals surface area contributed by atoms with Gasteiger partial charge in [-0.05, 0) is 25.8 Å². The highest BCUT2D eigenvalue weighted by Crippen LogP contribution is 2.26. The van der Waals surface area contributed by atoms with Crippen LogP contribution in [0.2, 0.25) is 0 Å². The summed E-state index contributed by atoms with van der Waals surface area (Å²) in [5.74, 6) is -1.69. The first kappa shape index (κ1) is 13.5. The number of aliphatic carboxylic acids is 1. The molecule has 1 amide bonds. The summed E-state index contributed by atoms with van der Waals surface area (Å²) in [6.45, 7) is 1.77. The standard InChI is InChI=1S/C14H15N3O4/c1-7-10-5-8(6-15-13(10)21-17-7)12(18)16-11-4-2-3-9(11)14(19)20/h5-6,9,11H,2-4H2,1H3,(H,16,18)(H,19,20). The van der Waals surface area contributed by atoms with E-state index < -0.39 is 11.9 Å². The average molecular weight is 289 g/mol. The normalized spacial score (nSPS) is 21.6. The number of carboxylic acid groups (broad SMARTS) is 1. The summed E-state index contributed by atoms with van der Waals surface area (Å²) in [5.41, 5.74) is 1.43. The highest BCUT2D eigenvalue weighted by molar-refractivity contribution is 5.97. The van der Waals surface area contributed by atoms with Crippen molar-refractivity contribution in [2.75, 3.05) is 0 Å². The van der Waals surface area contributed by atoms with E-state index in [4.69, 9.17) is 9.63 Å². The van der Waals surface area contributed by atoms with E-state index >= 15 is 0 Å². The fourth-order valence-electron chi connectivity index (χ4n) is 2.75. The van der Waals surface area contributed by atoms with Crippen molar-refractivity contribution in [3.8, 4) is 0 Å². The second-order valence-corrected chi connectivity index (χ2v) is 5.30. The first-order valence-electron chi connectivity index (χ1n) is 6.82. The largest absolute Gasteiger partial charge is 0.481 e. The van der Waals surface area contributed by atoms with Crippen LogP contribution in [-0.2, 0) is 4.79 Å². The third-order valence-electron chi connectivity index (χ3n) is 3.92. The molecule has 0 radical (unpaired) electrons. The Morgan fingerprint density at radius 3 is 3.00 bits per heavy atom. The van der Waals surface area contributed by atoms with Crippen molar-refractivity contribution >= 4 is 23.0 Å². The molecule has 2 aromatic rings. The maximum absolute atomic E-state index is 12.3. The lowest BCUT2D eigenvalue weighted by Gasteiger charge is -2.17. The van der Waals surface area contributed by atoms with Crippen LogP contribution in [0.1, 0.15) is 35.3 Å². The summed E-state index contributed by atoms with van der Waals surface area (Å²) >= 11 is 0. The summed E-state index contributed by atoms with van der Waals surface area (Å²) < 4.78 is 4.99. The van der Waals surface area contributed by atoms with Gasteiger partial charge in [0.25, 0.3) is 11.6 Å². The highest BCUT2D eigenvalue weighted by atomic mass is 16.5. The number of hydrogen-bond acceptors (Lipinski definition) is 5. The van der Waals surface area contributed by atoms with E-state index in [1.54, 1.807) is 13.0 Å². The van der Waals surface area contributed by atoms with Crippen LogP contribution in [0.3, 0.4) is 0 Å². The van der Waals surface area contributed by atoms with Gasteiger partial charge in [-0.25, -0.2) is 4.98 Å². The molecule has 0 aromatic carbocycles. The summed E-state index contributed by atoms with van der Waals surface area (Å²) in [7, 11) is 0. The maximum Gasteiger partial charge on any atom is 0.308 e. The Bertz CT molecular complexity index is 709. The smallest absolute Gasteiger partial charge is 0.308 e. The van der Waals surface area contributed by atoms with E-state index in [2.05, 4.69) is 15.5 Å². The Kier molecular flexibility index (Phi) is 3.32. The highest BCUT2D eigenvalue weighted by Gasteiger charge is 2.34. The molecule has 2 aromatic heterocycles. The number of nitrogens with one attached hydrogen (secondary N) is 1. The van der Waals surface area contributed by atoms with Crippen molar-refractivity contribution in [2.24, 2.45) is 5.92 Å². The summed E-state index contributed by atoms with van der Waals surface area (Å²) in [4.78, 5) is 27.4. The molecule has 0 spiro atoms. The topological polar surface area (TPSA) is 105 Å². The number of fused-ring (bicyclic) bond motifs is 1. The lowest BCUT2D eigenvalue weighted by Crippen LogP contribution is -2.40. The van der Waals surface area contributed by atoms with Gasteiger partial charge in [0.15, 0.2) is 0 Å². The number of hydrogen-bond donors (Lipinski definition) is 2. The van der Waals surface area contributed by atoms with E-state index in [-0.39, 0.29) is 11.9 Å². The number of rotatable bonds is 3. The predicted molar refractivity (Wildman–Crippen MR) is 72.8 cm³/mol. The minimum absolute atomic E-state index is 0.317.